The van der Waals surface area contributed by atoms with E-state index in [0.717, 1.165) is 18.2 Å². The Kier molecular flexibility index (Phi) is 4.82. The number of hydrogen-bond donors (Lipinski definition) is 1. The van der Waals surface area contributed by atoms with Crippen LogP contribution in [0.4, 0.5) is 13.2 Å². The first-order valence-electron chi connectivity index (χ1n) is 6.31. The number of benzene rings is 1. The van der Waals surface area contributed by atoms with Gasteiger partial charge in [0.05, 0.1) is 18.5 Å². The molecule has 0 saturated heterocycles. The number of aromatic nitrogens is 2. The average Bonchev–Trinajstić information content (AvgIpc) is 2.81. The highest BCUT2D eigenvalue weighted by atomic mass is 32.2. The second kappa shape index (κ2) is 6.43. The molecule has 1 aromatic carbocycles. The van der Waals surface area contributed by atoms with E-state index in [-0.39, 0.29) is 22.5 Å². The van der Waals surface area contributed by atoms with Crippen LogP contribution in [0.25, 0.3) is 0 Å². The lowest BCUT2D eigenvalue weighted by Gasteiger charge is -2.10. The van der Waals surface area contributed by atoms with Crippen molar-refractivity contribution in [1.82, 2.24) is 9.97 Å². The van der Waals surface area contributed by atoms with Gasteiger partial charge in [-0.25, -0.2) is 13.2 Å². The molecule has 0 amide bonds. The Labute approximate surface area is 124 Å². The van der Waals surface area contributed by atoms with Gasteiger partial charge < -0.3 is 9.72 Å². The first-order chi connectivity index (χ1) is 9.90. The highest BCUT2D eigenvalue weighted by Gasteiger charge is 2.23. The van der Waals surface area contributed by atoms with Crippen molar-refractivity contribution in [2.75, 3.05) is 7.11 Å². The van der Waals surface area contributed by atoms with Crippen LogP contribution in [0.5, 0.6) is 6.01 Å². The van der Waals surface area contributed by atoms with Crippen LogP contribution in [-0.2, 0) is 0 Å². The third-order valence-electron chi connectivity index (χ3n) is 2.78. The lowest BCUT2D eigenvalue weighted by molar-refractivity contribution is 0.380. The molecular formula is C14H15F3N2OS. The Bertz CT molecular complexity index is 610. The Hall–Kier alpha value is -1.63. The summed E-state index contributed by atoms with van der Waals surface area (Å²) in [4.78, 5) is 7.06. The summed E-state index contributed by atoms with van der Waals surface area (Å²) >= 11 is 0.707. The van der Waals surface area contributed by atoms with Crippen molar-refractivity contribution in [2.45, 2.75) is 30.2 Å². The summed E-state index contributed by atoms with van der Waals surface area (Å²) < 4.78 is 45.7. The minimum Gasteiger partial charge on any atom is -0.468 e. The van der Waals surface area contributed by atoms with Crippen molar-refractivity contribution in [3.8, 4) is 6.01 Å². The van der Waals surface area contributed by atoms with Crippen molar-refractivity contribution < 1.29 is 17.9 Å². The molecule has 2 aromatic rings. The highest BCUT2D eigenvalue weighted by Crippen LogP contribution is 2.39. The van der Waals surface area contributed by atoms with Crippen molar-refractivity contribution >= 4 is 11.8 Å². The summed E-state index contributed by atoms with van der Waals surface area (Å²) in [6.07, 6.45) is 0. The predicted octanol–water partition coefficient (Wildman–Crippen LogP) is 4.58. The summed E-state index contributed by atoms with van der Waals surface area (Å²) in [7, 11) is 1.43. The predicted molar refractivity (Wildman–Crippen MR) is 75.3 cm³/mol. The van der Waals surface area contributed by atoms with E-state index in [9.17, 15) is 13.2 Å². The van der Waals surface area contributed by atoms with E-state index in [4.69, 9.17) is 4.74 Å². The van der Waals surface area contributed by atoms with Crippen molar-refractivity contribution in [1.29, 1.82) is 0 Å². The van der Waals surface area contributed by atoms with Crippen molar-refractivity contribution in [2.24, 2.45) is 0 Å². The molecule has 0 aliphatic rings. The number of H-pyrrole nitrogens is 1. The summed E-state index contributed by atoms with van der Waals surface area (Å²) in [5.74, 6) is -1.49. The van der Waals surface area contributed by atoms with Crippen LogP contribution in [0, 0.1) is 11.6 Å². The zero-order valence-corrected chi connectivity index (χ0v) is 12.6. The summed E-state index contributed by atoms with van der Waals surface area (Å²) in [6.45, 7) is 3.75. The summed E-state index contributed by atoms with van der Waals surface area (Å²) in [5.41, 5.74) is -0.750. The van der Waals surface area contributed by atoms with Gasteiger partial charge in [-0.2, -0.15) is 4.98 Å². The van der Waals surface area contributed by atoms with Crippen LogP contribution in [-0.4, -0.2) is 17.1 Å². The molecule has 2 rings (SSSR count). The molecule has 0 spiro atoms. The number of halogens is 3. The van der Waals surface area contributed by atoms with E-state index in [1.165, 1.54) is 7.11 Å². The van der Waals surface area contributed by atoms with Crippen molar-refractivity contribution in [3.05, 3.63) is 41.2 Å². The molecule has 1 atom stereocenters. The number of thioether (sulfide) groups is 1. The monoisotopic (exact) mass is 316 g/mol. The Morgan fingerprint density at radius 3 is 2.33 bits per heavy atom. The van der Waals surface area contributed by atoms with Gasteiger partial charge >= 0.3 is 0 Å². The summed E-state index contributed by atoms with van der Waals surface area (Å²) in [6, 6.07) is 3.13. The molecule has 1 N–H and O–H groups in total. The molecule has 3 nitrogen and oxygen atoms in total. The van der Waals surface area contributed by atoms with Gasteiger partial charge in [-0.05, 0) is 18.1 Å². The topological polar surface area (TPSA) is 37.9 Å². The molecule has 1 heterocycles. The molecular weight excluding hydrogens is 301 g/mol. The van der Waals surface area contributed by atoms with Gasteiger partial charge in [-0.15, -0.1) is 0 Å². The number of rotatable bonds is 5. The highest BCUT2D eigenvalue weighted by molar-refractivity contribution is 7.99. The van der Waals surface area contributed by atoms with Crippen LogP contribution in [0.3, 0.4) is 0 Å². The second-order valence-corrected chi connectivity index (χ2v) is 5.86. The molecule has 114 valence electrons. The molecule has 0 bridgehead atoms. The number of nitrogens with one attached hydrogen (secondary N) is 1. The molecule has 0 radical (unpaired) electrons. The zero-order valence-electron chi connectivity index (χ0n) is 11.8. The minimum atomic E-state index is -1.53. The van der Waals surface area contributed by atoms with E-state index in [0.29, 0.717) is 17.5 Å². The first kappa shape index (κ1) is 15.8. The van der Waals surface area contributed by atoms with E-state index in [1.54, 1.807) is 0 Å². The summed E-state index contributed by atoms with van der Waals surface area (Å²) in [5, 5.41) is 0. The van der Waals surface area contributed by atoms with E-state index < -0.39 is 17.1 Å². The quantitative estimate of drug-likeness (QED) is 0.821. The lowest BCUT2D eigenvalue weighted by atomic mass is 10.1. The molecule has 21 heavy (non-hydrogen) atoms. The number of alkyl halides is 1. The molecule has 0 fully saturated rings. The maximum atomic E-state index is 14.4. The SMILES string of the molecule is COc1nc(C(C)C)c(C(F)Sc2cc(F)cc(F)c2)[nH]1. The normalized spacial score (nSPS) is 12.7. The molecule has 1 aromatic heterocycles. The maximum absolute atomic E-state index is 14.4. The third-order valence-corrected chi connectivity index (χ3v) is 3.73. The Morgan fingerprint density at radius 2 is 1.81 bits per heavy atom. The average molecular weight is 316 g/mol. The van der Waals surface area contributed by atoms with Crippen LogP contribution < -0.4 is 4.74 Å². The zero-order chi connectivity index (χ0) is 15.6. The lowest BCUT2D eigenvalue weighted by Crippen LogP contribution is -1.97. The number of hydrogen-bond acceptors (Lipinski definition) is 3. The molecule has 0 aliphatic heterocycles. The van der Waals surface area contributed by atoms with Gasteiger partial charge in [0.25, 0.3) is 6.01 Å². The number of ether oxygens (including phenoxy) is 1. The number of methoxy groups -OCH3 is 1. The fraction of sp³-hybridized carbons (Fsp3) is 0.357. The van der Waals surface area contributed by atoms with Gasteiger partial charge in [-0.1, -0.05) is 25.6 Å². The van der Waals surface area contributed by atoms with Crippen molar-refractivity contribution in [3.63, 3.8) is 0 Å². The van der Waals surface area contributed by atoms with E-state index in [1.807, 2.05) is 13.8 Å². The van der Waals surface area contributed by atoms with Gasteiger partial charge in [0.2, 0.25) is 0 Å². The fourth-order valence-corrected chi connectivity index (χ4v) is 2.76. The Morgan fingerprint density at radius 1 is 1.19 bits per heavy atom. The smallest absolute Gasteiger partial charge is 0.293 e. The Balaban J connectivity index is 2.27. The van der Waals surface area contributed by atoms with Gasteiger partial charge in [-0.3, -0.25) is 0 Å². The van der Waals surface area contributed by atoms with Crippen LogP contribution >= 0.6 is 11.8 Å². The van der Waals surface area contributed by atoms with E-state index >= 15 is 0 Å². The number of imidazole rings is 1. The van der Waals surface area contributed by atoms with Gasteiger partial charge in [0, 0.05) is 11.0 Å². The van der Waals surface area contributed by atoms with Crippen LogP contribution in [0.1, 0.15) is 36.7 Å². The minimum absolute atomic E-state index is 0.0109. The van der Waals surface area contributed by atoms with Crippen LogP contribution in [0.2, 0.25) is 0 Å². The maximum Gasteiger partial charge on any atom is 0.293 e. The fourth-order valence-electron chi connectivity index (χ4n) is 1.86. The third kappa shape index (κ3) is 3.72. The molecule has 0 aliphatic carbocycles. The van der Waals surface area contributed by atoms with Gasteiger partial charge in [0.1, 0.15) is 11.6 Å². The number of nitrogens with zero attached hydrogens (tertiary/aromatic N) is 1. The molecule has 7 heteroatoms. The standard InChI is InChI=1S/C14H15F3N2OS/c1-7(2)11-12(19-14(18-11)20-3)13(17)21-10-5-8(15)4-9(16)6-10/h4-7,13H,1-3H3,(H,18,19). The molecule has 1 unspecified atom stereocenters. The first-order valence-corrected chi connectivity index (χ1v) is 7.19. The second-order valence-electron chi connectivity index (χ2n) is 4.74. The largest absolute Gasteiger partial charge is 0.468 e. The van der Waals surface area contributed by atoms with E-state index in [2.05, 4.69) is 9.97 Å². The number of aromatic amines is 1. The van der Waals surface area contributed by atoms with Crippen LogP contribution in [0.15, 0.2) is 23.1 Å². The van der Waals surface area contributed by atoms with Gasteiger partial charge in [0.15, 0.2) is 5.50 Å². The molecule has 0 saturated carbocycles.